The first kappa shape index (κ1) is 13.2. The second kappa shape index (κ2) is 5.46. The van der Waals surface area contributed by atoms with Crippen LogP contribution in [-0.2, 0) is 6.54 Å². The Bertz CT molecular complexity index is 333. The van der Waals surface area contributed by atoms with Crippen LogP contribution < -0.4 is 5.73 Å². The van der Waals surface area contributed by atoms with Crippen LogP contribution in [0.2, 0.25) is 0 Å². The van der Waals surface area contributed by atoms with Gasteiger partial charge in [0.15, 0.2) is 0 Å². The summed E-state index contributed by atoms with van der Waals surface area (Å²) in [6.45, 7) is 6.03. The number of hydrogen-bond acceptors (Lipinski definition) is 3. The van der Waals surface area contributed by atoms with Gasteiger partial charge in [0.2, 0.25) is 0 Å². The zero-order valence-electron chi connectivity index (χ0n) is 10.2. The molecule has 90 valence electrons. The maximum absolute atomic E-state index is 5.69. The number of hydrogen-bond donors (Lipinski definition) is 1. The van der Waals surface area contributed by atoms with Crippen molar-refractivity contribution in [2.24, 2.45) is 11.1 Å². The van der Waals surface area contributed by atoms with Crippen molar-refractivity contribution in [2.45, 2.75) is 26.8 Å². The third-order valence-electron chi connectivity index (χ3n) is 2.82. The van der Waals surface area contributed by atoms with E-state index < -0.39 is 0 Å². The summed E-state index contributed by atoms with van der Waals surface area (Å²) in [4.78, 5) is 2.83. The fourth-order valence-electron chi connectivity index (χ4n) is 1.37. The highest BCUT2D eigenvalue weighted by Crippen LogP contribution is 2.21. The van der Waals surface area contributed by atoms with Crippen LogP contribution >= 0.6 is 12.2 Å². The Labute approximate surface area is 103 Å². The van der Waals surface area contributed by atoms with E-state index in [1.807, 2.05) is 6.07 Å². The molecule has 0 amide bonds. The first-order valence-corrected chi connectivity index (χ1v) is 5.82. The summed E-state index contributed by atoms with van der Waals surface area (Å²) >= 11 is 5.04. The Morgan fingerprint density at radius 1 is 1.56 bits per heavy atom. The molecule has 4 heteroatoms. The van der Waals surface area contributed by atoms with Gasteiger partial charge in [-0.1, -0.05) is 26.1 Å². The van der Waals surface area contributed by atoms with Gasteiger partial charge in [0.25, 0.3) is 0 Å². The van der Waals surface area contributed by atoms with Crippen molar-refractivity contribution in [1.82, 2.24) is 4.90 Å². The molecule has 0 atom stereocenters. The van der Waals surface area contributed by atoms with Gasteiger partial charge in [-0.25, -0.2) is 0 Å². The zero-order valence-corrected chi connectivity index (χ0v) is 11.0. The van der Waals surface area contributed by atoms with Crippen molar-refractivity contribution >= 4 is 17.2 Å². The van der Waals surface area contributed by atoms with E-state index in [0.29, 0.717) is 4.99 Å². The van der Waals surface area contributed by atoms with Gasteiger partial charge in [0, 0.05) is 17.5 Å². The Morgan fingerprint density at radius 3 is 2.75 bits per heavy atom. The Kier molecular flexibility index (Phi) is 4.50. The van der Waals surface area contributed by atoms with E-state index in [-0.39, 0.29) is 5.41 Å². The lowest BCUT2D eigenvalue weighted by Gasteiger charge is -2.26. The summed E-state index contributed by atoms with van der Waals surface area (Å²) < 4.78 is 5.03. The predicted molar refractivity (Wildman–Crippen MR) is 70.2 cm³/mol. The van der Waals surface area contributed by atoms with Gasteiger partial charge in [-0.2, -0.15) is 0 Å². The van der Waals surface area contributed by atoms with E-state index in [2.05, 4.69) is 25.8 Å². The normalized spacial score (nSPS) is 12.0. The smallest absolute Gasteiger partial charge is 0.0947 e. The summed E-state index contributed by atoms with van der Waals surface area (Å²) in [5.41, 5.74) is 6.81. The minimum atomic E-state index is -0.0695. The number of rotatable bonds is 6. The summed E-state index contributed by atoms with van der Waals surface area (Å²) in [5, 5.41) is 0. The van der Waals surface area contributed by atoms with Crippen molar-refractivity contribution in [1.29, 1.82) is 0 Å². The molecule has 0 radical (unpaired) electrons. The summed E-state index contributed by atoms with van der Waals surface area (Å²) in [5.74, 6) is 0. The van der Waals surface area contributed by atoms with Crippen LogP contribution in [0, 0.1) is 5.41 Å². The molecule has 3 nitrogen and oxygen atoms in total. The average Bonchev–Trinajstić information content (AvgIpc) is 2.67. The second-order valence-electron chi connectivity index (χ2n) is 4.87. The summed E-state index contributed by atoms with van der Waals surface area (Å²) in [7, 11) is 2.09. The van der Waals surface area contributed by atoms with E-state index in [1.165, 1.54) is 5.56 Å². The van der Waals surface area contributed by atoms with Gasteiger partial charge in [-0.15, -0.1) is 0 Å². The fourth-order valence-corrected chi connectivity index (χ4v) is 1.47. The largest absolute Gasteiger partial charge is 0.472 e. The molecule has 1 heterocycles. The molecule has 0 saturated carbocycles. The third-order valence-corrected chi connectivity index (χ3v) is 3.37. The molecule has 0 spiro atoms. The third kappa shape index (κ3) is 3.94. The highest BCUT2D eigenvalue weighted by atomic mass is 32.1. The topological polar surface area (TPSA) is 42.4 Å². The lowest BCUT2D eigenvalue weighted by atomic mass is 9.89. The minimum absolute atomic E-state index is 0.0695. The molecule has 0 fully saturated rings. The molecular weight excluding hydrogens is 220 g/mol. The van der Waals surface area contributed by atoms with Crippen molar-refractivity contribution in [3.63, 3.8) is 0 Å². The van der Waals surface area contributed by atoms with Gasteiger partial charge < -0.3 is 15.1 Å². The quantitative estimate of drug-likeness (QED) is 0.775. The van der Waals surface area contributed by atoms with E-state index in [1.54, 1.807) is 12.5 Å². The molecule has 0 aliphatic heterocycles. The van der Waals surface area contributed by atoms with E-state index in [4.69, 9.17) is 22.4 Å². The maximum Gasteiger partial charge on any atom is 0.0947 e. The zero-order chi connectivity index (χ0) is 12.2. The van der Waals surface area contributed by atoms with Crippen LogP contribution in [-0.4, -0.2) is 23.5 Å². The number of nitrogens with zero attached hydrogens (tertiary/aromatic N) is 1. The molecular formula is C12H20N2OS. The number of furan rings is 1. The van der Waals surface area contributed by atoms with Gasteiger partial charge >= 0.3 is 0 Å². The Hall–Kier alpha value is -0.870. The van der Waals surface area contributed by atoms with Crippen LogP contribution in [0.4, 0.5) is 0 Å². The number of nitrogens with two attached hydrogens (primary N) is 1. The van der Waals surface area contributed by atoms with Crippen LogP contribution in [0.25, 0.3) is 0 Å². The molecule has 0 saturated heterocycles. The second-order valence-corrected chi connectivity index (χ2v) is 5.31. The molecule has 0 aliphatic carbocycles. The predicted octanol–water partition coefficient (Wildman–Crippen LogP) is 2.41. The van der Waals surface area contributed by atoms with E-state index in [9.17, 15) is 0 Å². The molecule has 0 bridgehead atoms. The maximum atomic E-state index is 5.69. The van der Waals surface area contributed by atoms with Crippen LogP contribution in [0.15, 0.2) is 23.0 Å². The Morgan fingerprint density at radius 2 is 2.25 bits per heavy atom. The van der Waals surface area contributed by atoms with E-state index >= 15 is 0 Å². The first-order valence-electron chi connectivity index (χ1n) is 5.41. The highest BCUT2D eigenvalue weighted by Gasteiger charge is 2.21. The molecule has 1 aromatic heterocycles. The van der Waals surface area contributed by atoms with Crippen molar-refractivity contribution in [3.8, 4) is 0 Å². The van der Waals surface area contributed by atoms with E-state index in [0.717, 1.165) is 19.5 Å². The summed E-state index contributed by atoms with van der Waals surface area (Å²) in [6.07, 6.45) is 4.44. The van der Waals surface area contributed by atoms with Crippen molar-refractivity contribution in [2.75, 3.05) is 13.6 Å². The molecule has 2 N–H and O–H groups in total. The van der Waals surface area contributed by atoms with Crippen LogP contribution in [0.1, 0.15) is 25.8 Å². The van der Waals surface area contributed by atoms with Gasteiger partial charge in [0.1, 0.15) is 0 Å². The molecule has 16 heavy (non-hydrogen) atoms. The summed E-state index contributed by atoms with van der Waals surface area (Å²) in [6, 6.07) is 1.98. The molecule has 0 aliphatic rings. The van der Waals surface area contributed by atoms with Gasteiger partial charge in [-0.05, 0) is 26.1 Å². The molecule has 1 rings (SSSR count). The SMILES string of the molecule is CN(CCC(C)(C)C(N)=S)Cc1ccoc1. The lowest BCUT2D eigenvalue weighted by Crippen LogP contribution is -2.33. The van der Waals surface area contributed by atoms with Crippen molar-refractivity contribution < 1.29 is 4.42 Å². The number of thiocarbonyl (C=S) groups is 1. The lowest BCUT2D eigenvalue weighted by molar-refractivity contribution is 0.285. The van der Waals surface area contributed by atoms with Crippen LogP contribution in [0.3, 0.4) is 0 Å². The highest BCUT2D eigenvalue weighted by molar-refractivity contribution is 7.80. The fraction of sp³-hybridized carbons (Fsp3) is 0.583. The van der Waals surface area contributed by atoms with Gasteiger partial charge in [0.05, 0.1) is 17.5 Å². The Balaban J connectivity index is 2.35. The standard InChI is InChI=1S/C12H20N2OS/c1-12(2,11(13)16)5-6-14(3)8-10-4-7-15-9-10/h4,7,9H,5-6,8H2,1-3H3,(H2,13,16). The average molecular weight is 240 g/mol. The monoisotopic (exact) mass is 240 g/mol. The van der Waals surface area contributed by atoms with Crippen LogP contribution in [0.5, 0.6) is 0 Å². The minimum Gasteiger partial charge on any atom is -0.472 e. The van der Waals surface area contributed by atoms with Gasteiger partial charge in [-0.3, -0.25) is 0 Å². The molecule has 0 aromatic carbocycles. The first-order chi connectivity index (χ1) is 7.42. The molecule has 0 unspecified atom stereocenters. The molecule has 1 aromatic rings. The van der Waals surface area contributed by atoms with Crippen molar-refractivity contribution in [3.05, 3.63) is 24.2 Å².